The second-order valence-corrected chi connectivity index (χ2v) is 6.81. The van der Waals surface area contributed by atoms with Crippen LogP contribution in [0.15, 0.2) is 52.6 Å². The standard InChI is InChI=1S/C19H24N6/c1-14-12-18(22-17-9-10-20-24-17)23-19(21-14)25-11-5-8-16(13-25)15-6-3-2-4-7-15/h2-4,6-7,9-10,16,18H,5,8,11-13H2,1H3,(H2,20,22,24). The Bertz CT molecular complexity index is 749. The van der Waals surface area contributed by atoms with Crippen LogP contribution in [0.2, 0.25) is 0 Å². The first-order valence-corrected chi connectivity index (χ1v) is 8.96. The summed E-state index contributed by atoms with van der Waals surface area (Å²) in [5.74, 6) is 2.30. The highest BCUT2D eigenvalue weighted by molar-refractivity contribution is 5.98. The molecule has 2 aliphatic heterocycles. The van der Waals surface area contributed by atoms with Crippen molar-refractivity contribution in [2.75, 3.05) is 18.4 Å². The van der Waals surface area contributed by atoms with Gasteiger partial charge in [0.1, 0.15) is 12.0 Å². The van der Waals surface area contributed by atoms with Gasteiger partial charge in [-0.25, -0.2) is 9.98 Å². The number of anilines is 1. The molecule has 0 saturated carbocycles. The number of nitrogens with zero attached hydrogens (tertiary/aromatic N) is 4. The predicted octanol–water partition coefficient (Wildman–Crippen LogP) is 3.25. The molecule has 2 unspecified atom stereocenters. The number of nitrogens with one attached hydrogen (secondary N) is 2. The number of rotatable bonds is 3. The molecule has 2 N–H and O–H groups in total. The first-order valence-electron chi connectivity index (χ1n) is 8.96. The van der Waals surface area contributed by atoms with Crippen LogP contribution in [0, 0.1) is 0 Å². The topological polar surface area (TPSA) is 68.7 Å². The minimum atomic E-state index is 0.00468. The quantitative estimate of drug-likeness (QED) is 0.904. The number of hydrogen-bond acceptors (Lipinski definition) is 5. The van der Waals surface area contributed by atoms with Crippen molar-refractivity contribution in [2.45, 2.75) is 38.3 Å². The third kappa shape index (κ3) is 3.73. The van der Waals surface area contributed by atoms with Crippen molar-refractivity contribution in [3.05, 3.63) is 48.2 Å². The smallest absolute Gasteiger partial charge is 0.222 e. The Morgan fingerprint density at radius 1 is 1.20 bits per heavy atom. The summed E-state index contributed by atoms with van der Waals surface area (Å²) in [6.07, 6.45) is 4.97. The second-order valence-electron chi connectivity index (χ2n) is 6.81. The molecule has 1 aromatic carbocycles. The van der Waals surface area contributed by atoms with Crippen LogP contribution < -0.4 is 5.32 Å². The Morgan fingerprint density at radius 2 is 2.08 bits per heavy atom. The van der Waals surface area contributed by atoms with E-state index >= 15 is 0 Å². The van der Waals surface area contributed by atoms with Crippen LogP contribution in [0.1, 0.15) is 37.7 Å². The molecule has 1 aromatic heterocycles. The number of aromatic nitrogens is 2. The molecule has 25 heavy (non-hydrogen) atoms. The third-order valence-electron chi connectivity index (χ3n) is 4.85. The van der Waals surface area contributed by atoms with E-state index in [1.165, 1.54) is 18.4 Å². The van der Waals surface area contributed by atoms with E-state index in [1.807, 2.05) is 6.07 Å². The van der Waals surface area contributed by atoms with Crippen LogP contribution in [0.25, 0.3) is 0 Å². The second kappa shape index (κ2) is 7.09. The predicted molar refractivity (Wildman–Crippen MR) is 101 cm³/mol. The molecule has 0 bridgehead atoms. The van der Waals surface area contributed by atoms with E-state index < -0.39 is 0 Å². The van der Waals surface area contributed by atoms with Gasteiger partial charge in [-0.2, -0.15) is 5.10 Å². The summed E-state index contributed by atoms with van der Waals surface area (Å²) < 4.78 is 0. The molecule has 130 valence electrons. The van der Waals surface area contributed by atoms with E-state index in [1.54, 1.807) is 6.20 Å². The SMILES string of the molecule is CC1=NC(N2CCCC(c3ccccc3)C2)=NC(Nc2ccn[nH]2)C1. The molecule has 0 radical (unpaired) electrons. The fourth-order valence-electron chi connectivity index (χ4n) is 3.62. The molecule has 1 saturated heterocycles. The molecule has 2 atom stereocenters. The molecule has 0 spiro atoms. The van der Waals surface area contributed by atoms with Crippen LogP contribution in [0.4, 0.5) is 5.82 Å². The molecule has 2 aromatic rings. The summed E-state index contributed by atoms with van der Waals surface area (Å²) in [5, 5.41) is 10.3. The van der Waals surface area contributed by atoms with Crippen LogP contribution in [-0.2, 0) is 0 Å². The zero-order chi connectivity index (χ0) is 17.1. The highest BCUT2D eigenvalue weighted by atomic mass is 15.3. The summed E-state index contributed by atoms with van der Waals surface area (Å²) in [7, 11) is 0. The highest BCUT2D eigenvalue weighted by Crippen LogP contribution is 2.27. The van der Waals surface area contributed by atoms with Crippen molar-refractivity contribution in [3.8, 4) is 0 Å². The monoisotopic (exact) mass is 336 g/mol. The molecule has 4 rings (SSSR count). The van der Waals surface area contributed by atoms with E-state index in [0.29, 0.717) is 5.92 Å². The van der Waals surface area contributed by atoms with Gasteiger partial charge < -0.3 is 10.2 Å². The lowest BCUT2D eigenvalue weighted by Crippen LogP contribution is -2.41. The maximum Gasteiger partial charge on any atom is 0.222 e. The first kappa shape index (κ1) is 15.9. The average Bonchev–Trinajstić information content (AvgIpc) is 3.15. The molecule has 0 aliphatic carbocycles. The summed E-state index contributed by atoms with van der Waals surface area (Å²) in [6.45, 7) is 4.08. The molecule has 1 fully saturated rings. The molecular formula is C19H24N6. The molecule has 3 heterocycles. The summed E-state index contributed by atoms with van der Waals surface area (Å²) in [4.78, 5) is 11.9. The molecular weight excluding hydrogens is 312 g/mol. The lowest BCUT2D eigenvalue weighted by molar-refractivity contribution is 0.304. The van der Waals surface area contributed by atoms with E-state index in [0.717, 1.165) is 37.0 Å². The van der Waals surface area contributed by atoms with Crippen molar-refractivity contribution in [2.24, 2.45) is 9.98 Å². The zero-order valence-corrected chi connectivity index (χ0v) is 14.5. The number of benzene rings is 1. The number of hydrogen-bond donors (Lipinski definition) is 2. The van der Waals surface area contributed by atoms with Crippen molar-refractivity contribution < 1.29 is 0 Å². The van der Waals surface area contributed by atoms with Gasteiger partial charge in [-0.05, 0) is 31.4 Å². The van der Waals surface area contributed by atoms with E-state index in [4.69, 9.17) is 9.98 Å². The number of piperidine rings is 1. The number of aromatic amines is 1. The molecule has 6 heteroatoms. The molecule has 2 aliphatic rings. The van der Waals surface area contributed by atoms with Gasteiger partial charge in [-0.3, -0.25) is 5.10 Å². The minimum Gasteiger partial charge on any atom is -0.348 e. The van der Waals surface area contributed by atoms with Gasteiger partial charge >= 0.3 is 0 Å². The number of guanidine groups is 1. The van der Waals surface area contributed by atoms with Gasteiger partial charge in [0, 0.05) is 31.1 Å². The van der Waals surface area contributed by atoms with Crippen molar-refractivity contribution in [1.29, 1.82) is 0 Å². The Balaban J connectivity index is 1.49. The van der Waals surface area contributed by atoms with E-state index in [2.05, 4.69) is 57.7 Å². The van der Waals surface area contributed by atoms with Crippen molar-refractivity contribution >= 4 is 17.5 Å². The third-order valence-corrected chi connectivity index (χ3v) is 4.85. The summed E-state index contributed by atoms with van der Waals surface area (Å²) in [6, 6.07) is 12.7. The van der Waals surface area contributed by atoms with E-state index in [9.17, 15) is 0 Å². The van der Waals surface area contributed by atoms with Crippen LogP contribution in [0.5, 0.6) is 0 Å². The van der Waals surface area contributed by atoms with Crippen molar-refractivity contribution in [1.82, 2.24) is 15.1 Å². The van der Waals surface area contributed by atoms with Crippen LogP contribution >= 0.6 is 0 Å². The minimum absolute atomic E-state index is 0.00468. The Hall–Kier alpha value is -2.63. The van der Waals surface area contributed by atoms with Gasteiger partial charge in [-0.15, -0.1) is 0 Å². The van der Waals surface area contributed by atoms with Gasteiger partial charge in [0.15, 0.2) is 0 Å². The number of aliphatic imine (C=N–C) groups is 2. The molecule has 6 nitrogen and oxygen atoms in total. The molecule has 0 amide bonds. The largest absolute Gasteiger partial charge is 0.348 e. The number of H-pyrrole nitrogens is 1. The lowest BCUT2D eigenvalue weighted by Gasteiger charge is -2.35. The van der Waals surface area contributed by atoms with Gasteiger partial charge in [0.25, 0.3) is 0 Å². The maximum absolute atomic E-state index is 4.86. The fourth-order valence-corrected chi connectivity index (χ4v) is 3.62. The Labute approximate surface area is 148 Å². The average molecular weight is 336 g/mol. The summed E-state index contributed by atoms with van der Waals surface area (Å²) in [5.41, 5.74) is 2.53. The van der Waals surface area contributed by atoms with Gasteiger partial charge in [0.05, 0.1) is 6.20 Å². The van der Waals surface area contributed by atoms with Crippen LogP contribution in [0.3, 0.4) is 0 Å². The maximum atomic E-state index is 4.86. The fraction of sp³-hybridized carbons (Fsp3) is 0.421. The number of likely N-dealkylation sites (tertiary alicyclic amines) is 1. The summed E-state index contributed by atoms with van der Waals surface area (Å²) >= 11 is 0. The van der Waals surface area contributed by atoms with Gasteiger partial charge in [-0.1, -0.05) is 30.3 Å². The zero-order valence-electron chi connectivity index (χ0n) is 14.5. The normalized spacial score (nSPS) is 23.8. The van der Waals surface area contributed by atoms with Gasteiger partial charge in [0.2, 0.25) is 5.96 Å². The van der Waals surface area contributed by atoms with E-state index in [-0.39, 0.29) is 6.17 Å². The highest BCUT2D eigenvalue weighted by Gasteiger charge is 2.26. The Morgan fingerprint density at radius 3 is 2.88 bits per heavy atom. The van der Waals surface area contributed by atoms with Crippen molar-refractivity contribution in [3.63, 3.8) is 0 Å². The lowest BCUT2D eigenvalue weighted by atomic mass is 9.91. The van der Waals surface area contributed by atoms with Crippen LogP contribution in [-0.4, -0.2) is 46.0 Å². The Kier molecular flexibility index (Phi) is 4.50. The first-order chi connectivity index (χ1) is 12.3.